The molecule has 0 radical (unpaired) electrons. The van der Waals surface area contributed by atoms with Gasteiger partial charge in [-0.05, 0) is 38.8 Å². The lowest BCUT2D eigenvalue weighted by molar-refractivity contribution is -0.146. The summed E-state index contributed by atoms with van der Waals surface area (Å²) in [6.45, 7) is 9.83. The number of carbonyl (C=O) groups excluding carboxylic acids is 1. The van der Waals surface area contributed by atoms with Crippen molar-refractivity contribution < 1.29 is 9.53 Å². The van der Waals surface area contributed by atoms with E-state index in [1.54, 1.807) is 0 Å². The third-order valence-corrected chi connectivity index (χ3v) is 3.21. The number of hydrogen-bond donors (Lipinski definition) is 1. The van der Waals surface area contributed by atoms with E-state index in [1.807, 2.05) is 11.6 Å². The fraction of sp³-hybridized carbons (Fsp3) is 0.733. The minimum absolute atomic E-state index is 0.198. The van der Waals surface area contributed by atoms with Gasteiger partial charge in [-0.1, -0.05) is 20.8 Å². The van der Waals surface area contributed by atoms with Crippen LogP contribution in [0, 0.1) is 0 Å². The Morgan fingerprint density at radius 3 is 2.65 bits per heavy atom. The zero-order valence-corrected chi connectivity index (χ0v) is 13.1. The Morgan fingerprint density at radius 2 is 2.10 bits per heavy atom. The van der Waals surface area contributed by atoms with E-state index in [0.717, 1.165) is 37.2 Å². The fourth-order valence-corrected chi connectivity index (χ4v) is 2.09. The molecule has 0 aliphatic carbocycles. The fourth-order valence-electron chi connectivity index (χ4n) is 2.09. The molecule has 5 nitrogen and oxygen atoms in total. The molecule has 0 saturated carbocycles. The highest BCUT2D eigenvalue weighted by Crippen LogP contribution is 2.08. The summed E-state index contributed by atoms with van der Waals surface area (Å²) >= 11 is 0. The maximum atomic E-state index is 12.0. The number of ether oxygens (including phenoxy) is 1. The minimum atomic E-state index is -0.329. The van der Waals surface area contributed by atoms with E-state index in [4.69, 9.17) is 4.74 Å². The van der Waals surface area contributed by atoms with E-state index in [-0.39, 0.29) is 12.0 Å². The van der Waals surface area contributed by atoms with E-state index in [2.05, 4.69) is 37.3 Å². The molecule has 0 amide bonds. The summed E-state index contributed by atoms with van der Waals surface area (Å²) in [7, 11) is 0. The number of esters is 1. The third kappa shape index (κ3) is 4.63. The van der Waals surface area contributed by atoms with Crippen LogP contribution in [0.25, 0.3) is 0 Å². The van der Waals surface area contributed by atoms with Crippen molar-refractivity contribution in [3.8, 4) is 0 Å². The van der Waals surface area contributed by atoms with Crippen LogP contribution in [0.15, 0.2) is 6.07 Å². The molecule has 1 aromatic heterocycles. The number of nitrogens with zero attached hydrogens (tertiary/aromatic N) is 2. The molecule has 1 unspecified atom stereocenters. The molecule has 5 heteroatoms. The molecular weight excluding hydrogens is 254 g/mol. The summed E-state index contributed by atoms with van der Waals surface area (Å²) in [6.07, 6.45) is 2.80. The molecule has 1 rings (SSSR count). The van der Waals surface area contributed by atoms with E-state index in [9.17, 15) is 4.79 Å². The maximum absolute atomic E-state index is 12.0. The Balaban J connectivity index is 2.81. The Labute approximate surface area is 121 Å². The van der Waals surface area contributed by atoms with Crippen LogP contribution in [0.5, 0.6) is 0 Å². The summed E-state index contributed by atoms with van der Waals surface area (Å²) in [5.74, 6) is -0.198. The maximum Gasteiger partial charge on any atom is 0.325 e. The zero-order valence-electron chi connectivity index (χ0n) is 13.1. The SMILES string of the molecule is CCCNC(Cn1nc(CC)cc1CC)C(=O)OCC. The molecule has 20 heavy (non-hydrogen) atoms. The second-order valence-corrected chi connectivity index (χ2v) is 4.77. The zero-order chi connectivity index (χ0) is 15.0. The van der Waals surface area contributed by atoms with E-state index >= 15 is 0 Å². The summed E-state index contributed by atoms with van der Waals surface area (Å²) in [5, 5.41) is 7.80. The van der Waals surface area contributed by atoms with Crippen LogP contribution in [0.1, 0.15) is 45.5 Å². The van der Waals surface area contributed by atoms with Crippen molar-refractivity contribution in [2.75, 3.05) is 13.2 Å². The van der Waals surface area contributed by atoms with Crippen molar-refractivity contribution in [3.63, 3.8) is 0 Å². The van der Waals surface area contributed by atoms with Gasteiger partial charge in [0.1, 0.15) is 6.04 Å². The molecule has 0 saturated heterocycles. The topological polar surface area (TPSA) is 56.2 Å². The number of carbonyl (C=O) groups is 1. The highest BCUT2D eigenvalue weighted by molar-refractivity contribution is 5.75. The molecule has 0 aliphatic rings. The Bertz CT molecular complexity index is 415. The highest BCUT2D eigenvalue weighted by Gasteiger charge is 2.21. The van der Waals surface area contributed by atoms with Gasteiger partial charge < -0.3 is 10.1 Å². The summed E-state index contributed by atoms with van der Waals surface area (Å²) in [5.41, 5.74) is 2.23. The molecule has 0 aliphatic heterocycles. The summed E-state index contributed by atoms with van der Waals surface area (Å²) in [6, 6.07) is 1.78. The first-order chi connectivity index (χ1) is 9.65. The number of aromatic nitrogens is 2. The van der Waals surface area contributed by atoms with Crippen molar-refractivity contribution in [2.24, 2.45) is 0 Å². The van der Waals surface area contributed by atoms with E-state index in [0.29, 0.717) is 13.2 Å². The van der Waals surface area contributed by atoms with Gasteiger partial charge in [-0.25, -0.2) is 0 Å². The Morgan fingerprint density at radius 1 is 1.35 bits per heavy atom. The van der Waals surface area contributed by atoms with E-state index < -0.39 is 0 Å². The predicted octanol–water partition coefficient (Wildman–Crippen LogP) is 1.94. The van der Waals surface area contributed by atoms with Crippen molar-refractivity contribution in [3.05, 3.63) is 17.5 Å². The smallest absolute Gasteiger partial charge is 0.325 e. The van der Waals surface area contributed by atoms with Gasteiger partial charge in [-0.2, -0.15) is 5.10 Å². The summed E-state index contributed by atoms with van der Waals surface area (Å²) in [4.78, 5) is 12.0. The van der Waals surface area contributed by atoms with Gasteiger partial charge in [0.15, 0.2) is 0 Å². The molecule has 1 N–H and O–H groups in total. The highest BCUT2D eigenvalue weighted by atomic mass is 16.5. The van der Waals surface area contributed by atoms with Crippen LogP contribution < -0.4 is 5.32 Å². The molecule has 0 aromatic carbocycles. The second-order valence-electron chi connectivity index (χ2n) is 4.77. The van der Waals surface area contributed by atoms with Crippen LogP contribution in [-0.2, 0) is 28.9 Å². The van der Waals surface area contributed by atoms with Gasteiger partial charge in [0.2, 0.25) is 0 Å². The first-order valence-electron chi connectivity index (χ1n) is 7.61. The van der Waals surface area contributed by atoms with Crippen molar-refractivity contribution in [1.82, 2.24) is 15.1 Å². The molecule has 114 valence electrons. The van der Waals surface area contributed by atoms with Crippen molar-refractivity contribution in [2.45, 2.75) is 59.5 Å². The van der Waals surface area contributed by atoms with Crippen LogP contribution in [0.3, 0.4) is 0 Å². The molecule has 0 fully saturated rings. The number of hydrogen-bond acceptors (Lipinski definition) is 4. The molecule has 1 atom stereocenters. The molecule has 0 bridgehead atoms. The Hall–Kier alpha value is -1.36. The van der Waals surface area contributed by atoms with E-state index in [1.165, 1.54) is 0 Å². The van der Waals surface area contributed by atoms with Crippen molar-refractivity contribution >= 4 is 5.97 Å². The average molecular weight is 281 g/mol. The van der Waals surface area contributed by atoms with Crippen LogP contribution in [0.2, 0.25) is 0 Å². The van der Waals surface area contributed by atoms with Crippen LogP contribution in [-0.4, -0.2) is 34.9 Å². The number of rotatable bonds is 9. The predicted molar refractivity (Wildman–Crippen MR) is 79.7 cm³/mol. The first-order valence-corrected chi connectivity index (χ1v) is 7.61. The second kappa shape index (κ2) is 8.74. The molecule has 1 heterocycles. The van der Waals surface area contributed by atoms with Gasteiger partial charge in [-0.15, -0.1) is 0 Å². The largest absolute Gasteiger partial charge is 0.465 e. The standard InChI is InChI=1S/C15H27N3O2/c1-5-9-16-14(15(19)20-8-4)11-18-13(7-3)10-12(6-2)17-18/h10,14,16H,5-9,11H2,1-4H3. The number of nitrogens with one attached hydrogen (secondary N) is 1. The van der Waals surface area contributed by atoms with Gasteiger partial charge in [-0.3, -0.25) is 9.48 Å². The molecule has 1 aromatic rings. The minimum Gasteiger partial charge on any atom is -0.465 e. The Kier molecular flexibility index (Phi) is 7.30. The average Bonchev–Trinajstić information content (AvgIpc) is 2.85. The van der Waals surface area contributed by atoms with Gasteiger partial charge in [0.05, 0.1) is 18.8 Å². The monoisotopic (exact) mass is 281 g/mol. The van der Waals surface area contributed by atoms with Crippen molar-refractivity contribution in [1.29, 1.82) is 0 Å². The van der Waals surface area contributed by atoms with Gasteiger partial charge in [0, 0.05) is 5.69 Å². The molecule has 0 spiro atoms. The first kappa shape index (κ1) is 16.7. The molecular formula is C15H27N3O2. The normalized spacial score (nSPS) is 12.4. The summed E-state index contributed by atoms with van der Waals surface area (Å²) < 4.78 is 7.07. The van der Waals surface area contributed by atoms with Crippen LogP contribution in [0.4, 0.5) is 0 Å². The lowest BCUT2D eigenvalue weighted by Gasteiger charge is -2.18. The number of aryl methyl sites for hydroxylation is 2. The quantitative estimate of drug-likeness (QED) is 0.703. The van der Waals surface area contributed by atoms with Gasteiger partial charge in [0.25, 0.3) is 0 Å². The third-order valence-electron chi connectivity index (χ3n) is 3.21. The lowest BCUT2D eigenvalue weighted by atomic mass is 10.2. The van der Waals surface area contributed by atoms with Crippen LogP contribution >= 0.6 is 0 Å². The lowest BCUT2D eigenvalue weighted by Crippen LogP contribution is -2.42. The van der Waals surface area contributed by atoms with Gasteiger partial charge >= 0.3 is 5.97 Å².